The number of nitrogens with zero attached hydrogens (tertiary/aromatic N) is 3. The molecule has 8 nitrogen and oxygen atoms in total. The Hall–Kier alpha value is -4.34. The molecule has 1 aromatic heterocycles. The lowest BCUT2D eigenvalue weighted by Gasteiger charge is -2.16. The number of aliphatic carboxylic acids is 1. The quantitative estimate of drug-likeness (QED) is 0.242. The molecule has 0 aliphatic carbocycles. The zero-order chi connectivity index (χ0) is 28.4. The van der Waals surface area contributed by atoms with Crippen molar-refractivity contribution in [1.82, 2.24) is 4.98 Å². The van der Waals surface area contributed by atoms with Crippen molar-refractivity contribution in [1.29, 1.82) is 5.26 Å². The van der Waals surface area contributed by atoms with Crippen molar-refractivity contribution in [2.45, 2.75) is 19.1 Å². The highest BCUT2D eigenvalue weighted by Crippen LogP contribution is 2.33. The van der Waals surface area contributed by atoms with Gasteiger partial charge >= 0.3 is 12.1 Å². The Morgan fingerprint density at radius 2 is 1.69 bits per heavy atom. The van der Waals surface area contributed by atoms with E-state index in [0.29, 0.717) is 24.5 Å². The molecule has 0 fully saturated rings. The first-order valence-electron chi connectivity index (χ1n) is 11.6. The summed E-state index contributed by atoms with van der Waals surface area (Å²) in [6, 6.07) is 23.2. The minimum Gasteiger partial charge on any atom is -0.494 e. The summed E-state index contributed by atoms with van der Waals surface area (Å²) in [5, 5.41) is 17.0. The number of thiazole rings is 1. The molecule has 0 aliphatic heterocycles. The molecule has 0 saturated heterocycles. The lowest BCUT2D eigenvalue weighted by Crippen LogP contribution is -2.21. The Morgan fingerprint density at radius 3 is 2.28 bits per heavy atom. The first-order valence-corrected chi connectivity index (χ1v) is 12.4. The number of carbonyl (C=O) groups is 1. The second-order valence-electron chi connectivity index (χ2n) is 8.16. The summed E-state index contributed by atoms with van der Waals surface area (Å²) in [5.74, 6) is -0.460. The topological polar surface area (TPSA) is 122 Å². The maximum absolute atomic E-state index is 10.6. The van der Waals surface area contributed by atoms with Crippen molar-refractivity contribution in [2.75, 3.05) is 25.1 Å². The highest BCUT2D eigenvalue weighted by molar-refractivity contribution is 7.22. The van der Waals surface area contributed by atoms with Crippen LogP contribution in [0, 0.1) is 11.3 Å². The number of benzene rings is 3. The molecule has 4 aromatic rings. The number of halogens is 3. The standard InChI is InChI=1S/C25H24N4O2S.C2HF3O2/c1-29(17-19-5-7-20(8-6-19)30-14-2-13-26)25-28-23-12-11-22(15-24(23)32-25)31-21-9-3-18(16-27)4-10-21;3-2(4,5)1(6)7/h3-12,15H,2,13-14,17,26H2,1H3;(H,6,7). The number of anilines is 1. The van der Waals surface area contributed by atoms with E-state index in [0.717, 1.165) is 39.8 Å². The Labute approximate surface area is 226 Å². The lowest BCUT2D eigenvalue weighted by atomic mass is 10.2. The smallest absolute Gasteiger partial charge is 0.490 e. The monoisotopic (exact) mass is 558 g/mol. The Balaban J connectivity index is 0.000000532. The second kappa shape index (κ2) is 13.5. The molecule has 0 aliphatic rings. The van der Waals surface area contributed by atoms with Crippen LogP contribution >= 0.6 is 11.3 Å². The fraction of sp³-hybridized carbons (Fsp3) is 0.222. The van der Waals surface area contributed by atoms with E-state index in [2.05, 4.69) is 23.1 Å². The molecule has 3 aromatic carbocycles. The SMILES string of the molecule is CN(Cc1ccc(OCCCN)cc1)c1nc2ccc(Oc3ccc(C#N)cc3)cc2s1.O=C(O)C(F)(F)F. The lowest BCUT2D eigenvalue weighted by molar-refractivity contribution is -0.192. The second-order valence-corrected chi connectivity index (χ2v) is 9.17. The van der Waals surface area contributed by atoms with Crippen LogP contribution in [0.15, 0.2) is 66.7 Å². The number of rotatable bonds is 9. The number of nitrogens with two attached hydrogens (primary N) is 1. The third-order valence-electron chi connectivity index (χ3n) is 5.10. The molecule has 12 heteroatoms. The van der Waals surface area contributed by atoms with Gasteiger partial charge in [0.25, 0.3) is 0 Å². The number of alkyl halides is 3. The zero-order valence-corrected chi connectivity index (χ0v) is 21.6. The first kappa shape index (κ1) is 29.2. The Bertz CT molecular complexity index is 1420. The molecule has 0 saturated carbocycles. The minimum absolute atomic E-state index is 0.608. The van der Waals surface area contributed by atoms with Crippen LogP contribution in [0.3, 0.4) is 0 Å². The molecule has 0 spiro atoms. The molecule has 39 heavy (non-hydrogen) atoms. The van der Waals surface area contributed by atoms with Crippen LogP contribution < -0.4 is 20.1 Å². The number of hydrogen-bond acceptors (Lipinski definition) is 8. The van der Waals surface area contributed by atoms with E-state index in [1.54, 1.807) is 35.6 Å². The van der Waals surface area contributed by atoms with Crippen LogP contribution in [0.4, 0.5) is 18.3 Å². The van der Waals surface area contributed by atoms with Gasteiger partial charge in [-0.15, -0.1) is 0 Å². The summed E-state index contributed by atoms with van der Waals surface area (Å²) in [6.45, 7) is 2.02. The van der Waals surface area contributed by atoms with Gasteiger partial charge in [-0.05, 0) is 67.1 Å². The summed E-state index contributed by atoms with van der Waals surface area (Å²) in [6.07, 6.45) is -4.23. The van der Waals surface area contributed by atoms with Crippen molar-refractivity contribution >= 4 is 32.7 Å². The highest BCUT2D eigenvalue weighted by Gasteiger charge is 2.38. The maximum atomic E-state index is 10.6. The van der Waals surface area contributed by atoms with Crippen molar-refractivity contribution in [3.63, 3.8) is 0 Å². The van der Waals surface area contributed by atoms with Gasteiger partial charge in [-0.1, -0.05) is 23.5 Å². The molecule has 204 valence electrons. The maximum Gasteiger partial charge on any atom is 0.490 e. The minimum atomic E-state index is -5.08. The van der Waals surface area contributed by atoms with E-state index in [9.17, 15) is 13.2 Å². The summed E-state index contributed by atoms with van der Waals surface area (Å²) < 4.78 is 44.4. The third kappa shape index (κ3) is 8.87. The van der Waals surface area contributed by atoms with E-state index >= 15 is 0 Å². The number of nitriles is 1. The number of hydrogen-bond donors (Lipinski definition) is 2. The normalized spacial score (nSPS) is 10.8. The predicted molar refractivity (Wildman–Crippen MR) is 142 cm³/mol. The summed E-state index contributed by atoms with van der Waals surface area (Å²) in [7, 11) is 2.04. The van der Waals surface area contributed by atoms with E-state index in [-0.39, 0.29) is 0 Å². The Morgan fingerprint density at radius 1 is 1.08 bits per heavy atom. The fourth-order valence-corrected chi connectivity index (χ4v) is 4.11. The largest absolute Gasteiger partial charge is 0.494 e. The van der Waals surface area contributed by atoms with Gasteiger partial charge in [0.05, 0.1) is 28.5 Å². The Kier molecular flexibility index (Phi) is 10.1. The van der Waals surface area contributed by atoms with E-state index < -0.39 is 12.1 Å². The van der Waals surface area contributed by atoms with Gasteiger partial charge in [0, 0.05) is 19.7 Å². The average Bonchev–Trinajstić information content (AvgIpc) is 3.34. The molecule has 0 amide bonds. The van der Waals surface area contributed by atoms with Gasteiger partial charge in [-0.2, -0.15) is 18.4 Å². The van der Waals surface area contributed by atoms with Gasteiger partial charge in [-0.25, -0.2) is 9.78 Å². The van der Waals surface area contributed by atoms with Crippen LogP contribution in [-0.4, -0.2) is 42.4 Å². The summed E-state index contributed by atoms with van der Waals surface area (Å²) >= 11 is 1.63. The molecule has 0 radical (unpaired) electrons. The van der Waals surface area contributed by atoms with Gasteiger partial charge in [0.1, 0.15) is 17.2 Å². The summed E-state index contributed by atoms with van der Waals surface area (Å²) in [5.41, 5.74) is 8.23. The van der Waals surface area contributed by atoms with Gasteiger partial charge in [0.15, 0.2) is 5.13 Å². The van der Waals surface area contributed by atoms with Crippen LogP contribution in [0.25, 0.3) is 10.2 Å². The van der Waals surface area contributed by atoms with Gasteiger partial charge in [-0.3, -0.25) is 0 Å². The molecule has 0 atom stereocenters. The van der Waals surface area contributed by atoms with Crippen LogP contribution in [0.2, 0.25) is 0 Å². The van der Waals surface area contributed by atoms with Gasteiger partial charge < -0.3 is 25.2 Å². The zero-order valence-electron chi connectivity index (χ0n) is 20.8. The van der Waals surface area contributed by atoms with Crippen LogP contribution in [-0.2, 0) is 11.3 Å². The van der Waals surface area contributed by atoms with Crippen molar-refractivity contribution in [3.8, 4) is 23.3 Å². The number of ether oxygens (including phenoxy) is 2. The fourth-order valence-electron chi connectivity index (χ4n) is 3.16. The third-order valence-corrected chi connectivity index (χ3v) is 6.23. The van der Waals surface area contributed by atoms with E-state index in [4.69, 9.17) is 35.4 Å². The average molecular weight is 559 g/mol. The van der Waals surface area contributed by atoms with Crippen molar-refractivity contribution in [2.24, 2.45) is 5.73 Å². The molecule has 4 rings (SSSR count). The number of fused-ring (bicyclic) bond motifs is 1. The van der Waals surface area contributed by atoms with E-state index in [1.165, 1.54) is 5.56 Å². The highest BCUT2D eigenvalue weighted by atomic mass is 32.1. The first-order chi connectivity index (χ1) is 18.6. The molecular formula is C27H25F3N4O4S. The number of carboxylic acids is 1. The molecule has 0 unspecified atom stereocenters. The number of carboxylic acid groups (broad SMARTS) is 1. The van der Waals surface area contributed by atoms with Crippen molar-refractivity contribution in [3.05, 3.63) is 77.9 Å². The van der Waals surface area contributed by atoms with Gasteiger partial charge in [0.2, 0.25) is 0 Å². The van der Waals surface area contributed by atoms with E-state index in [1.807, 2.05) is 37.4 Å². The predicted octanol–water partition coefficient (Wildman–Crippen LogP) is 5.96. The molecule has 0 bridgehead atoms. The molecular weight excluding hydrogens is 533 g/mol. The van der Waals surface area contributed by atoms with Crippen molar-refractivity contribution < 1.29 is 32.5 Å². The molecule has 3 N–H and O–H groups in total. The summed E-state index contributed by atoms with van der Waals surface area (Å²) in [4.78, 5) is 15.8. The van der Waals surface area contributed by atoms with Crippen LogP contribution in [0.1, 0.15) is 17.5 Å². The molecule has 1 heterocycles. The van der Waals surface area contributed by atoms with Crippen LogP contribution in [0.5, 0.6) is 17.2 Å². The number of aromatic nitrogens is 1.